The number of fused-ring (bicyclic) bond motifs is 4. The van der Waals surface area contributed by atoms with Crippen molar-refractivity contribution in [3.05, 3.63) is 29.4 Å². The molecule has 0 saturated carbocycles. The number of rotatable bonds is 2. The van der Waals surface area contributed by atoms with Crippen LogP contribution in [0.2, 0.25) is 0 Å². The number of hydrogen-bond donors (Lipinski definition) is 1. The highest BCUT2D eigenvalue weighted by molar-refractivity contribution is 7.20. The van der Waals surface area contributed by atoms with Crippen molar-refractivity contribution < 1.29 is 4.79 Å². The minimum atomic E-state index is 0.0590. The highest BCUT2D eigenvalue weighted by Gasteiger charge is 2.34. The van der Waals surface area contributed by atoms with Gasteiger partial charge in [-0.25, -0.2) is 0 Å². The molecule has 104 valence electrons. The van der Waals surface area contributed by atoms with Crippen LogP contribution in [0.15, 0.2) is 24.5 Å². The van der Waals surface area contributed by atoms with Crippen molar-refractivity contribution in [3.8, 4) is 0 Å². The quantitative estimate of drug-likeness (QED) is 0.923. The van der Waals surface area contributed by atoms with Crippen LogP contribution in [0.4, 0.5) is 0 Å². The Bertz CT molecular complexity index is 612. The summed E-state index contributed by atoms with van der Waals surface area (Å²) < 4.78 is 1.07. The van der Waals surface area contributed by atoms with E-state index in [2.05, 4.69) is 15.2 Å². The molecule has 1 N–H and O–H groups in total. The normalized spacial score (nSPS) is 28.7. The van der Waals surface area contributed by atoms with Gasteiger partial charge in [0, 0.05) is 25.5 Å². The smallest absolute Gasteiger partial charge is 0.262 e. The van der Waals surface area contributed by atoms with Crippen LogP contribution in [0.3, 0.4) is 0 Å². The van der Waals surface area contributed by atoms with Gasteiger partial charge in [0.1, 0.15) is 0 Å². The Morgan fingerprint density at radius 3 is 2.95 bits per heavy atom. The van der Waals surface area contributed by atoms with Gasteiger partial charge in [-0.15, -0.1) is 11.3 Å². The van der Waals surface area contributed by atoms with Gasteiger partial charge in [-0.3, -0.25) is 14.7 Å². The number of amides is 1. The van der Waals surface area contributed by atoms with Crippen molar-refractivity contribution in [1.82, 2.24) is 15.2 Å². The number of carbonyl (C=O) groups is 1. The lowest BCUT2D eigenvalue weighted by molar-refractivity contribution is 0.0296. The first kappa shape index (κ1) is 12.3. The van der Waals surface area contributed by atoms with Crippen LogP contribution in [-0.2, 0) is 0 Å². The molecule has 1 amide bonds. The molecule has 0 spiro atoms. The average molecular weight is 287 g/mol. The van der Waals surface area contributed by atoms with Crippen LogP contribution in [0.25, 0.3) is 10.1 Å². The molecule has 2 aromatic heterocycles. The summed E-state index contributed by atoms with van der Waals surface area (Å²) >= 11 is 1.52. The van der Waals surface area contributed by atoms with E-state index in [-0.39, 0.29) is 12.1 Å². The van der Waals surface area contributed by atoms with Crippen LogP contribution >= 0.6 is 11.3 Å². The fourth-order valence-corrected chi connectivity index (χ4v) is 4.27. The third-order valence-electron chi connectivity index (χ3n) is 4.49. The maximum atomic E-state index is 12.4. The standard InChI is InChI=1S/C15H17N3OS/c19-15(12-8-11-1-4-16-9-13(11)20-12)17-14-7-10-2-5-18(14)6-3-10/h1,4,8-10,14H,2-3,5-7H2,(H,17,19). The van der Waals surface area contributed by atoms with E-state index in [1.54, 1.807) is 6.20 Å². The Hall–Kier alpha value is -1.46. The molecule has 3 saturated heterocycles. The molecule has 0 aromatic carbocycles. The summed E-state index contributed by atoms with van der Waals surface area (Å²) in [4.78, 5) is 19.7. The summed E-state index contributed by atoms with van der Waals surface area (Å²) in [7, 11) is 0. The number of carbonyl (C=O) groups excluding carboxylic acids is 1. The van der Waals surface area contributed by atoms with Gasteiger partial charge in [0.05, 0.1) is 15.7 Å². The summed E-state index contributed by atoms with van der Waals surface area (Å²) in [6.07, 6.45) is 7.52. The molecule has 5 heteroatoms. The first-order valence-electron chi connectivity index (χ1n) is 7.18. The van der Waals surface area contributed by atoms with Crippen LogP contribution in [0, 0.1) is 5.92 Å². The molecule has 5 rings (SSSR count). The number of piperidine rings is 3. The SMILES string of the molecule is O=C(NC1CC2CCN1CC2)c1cc2ccncc2s1. The monoisotopic (exact) mass is 287 g/mol. The molecule has 3 aliphatic heterocycles. The van der Waals surface area contributed by atoms with Gasteiger partial charge >= 0.3 is 0 Å². The van der Waals surface area contributed by atoms with Gasteiger partial charge < -0.3 is 5.32 Å². The fourth-order valence-electron chi connectivity index (χ4n) is 3.33. The van der Waals surface area contributed by atoms with Crippen molar-refractivity contribution in [1.29, 1.82) is 0 Å². The fraction of sp³-hybridized carbons (Fsp3) is 0.467. The Kier molecular flexibility index (Phi) is 2.97. The summed E-state index contributed by atoms with van der Waals surface area (Å²) in [5.41, 5.74) is 0. The summed E-state index contributed by atoms with van der Waals surface area (Å²) in [6.45, 7) is 2.26. The molecule has 20 heavy (non-hydrogen) atoms. The van der Waals surface area contributed by atoms with Crippen molar-refractivity contribution in [3.63, 3.8) is 0 Å². The molecule has 5 heterocycles. The molecular formula is C15H17N3OS. The van der Waals surface area contributed by atoms with Crippen LogP contribution in [0.1, 0.15) is 28.9 Å². The van der Waals surface area contributed by atoms with Crippen molar-refractivity contribution in [2.24, 2.45) is 5.92 Å². The van der Waals surface area contributed by atoms with E-state index in [1.807, 2.05) is 18.3 Å². The topological polar surface area (TPSA) is 45.2 Å². The Balaban J connectivity index is 1.52. The summed E-state index contributed by atoms with van der Waals surface area (Å²) in [6, 6.07) is 3.92. The third-order valence-corrected chi connectivity index (χ3v) is 5.58. The summed E-state index contributed by atoms with van der Waals surface area (Å²) in [5.74, 6) is 0.862. The zero-order valence-corrected chi connectivity index (χ0v) is 12.0. The number of thiophene rings is 1. The second-order valence-corrected chi connectivity index (χ2v) is 6.81. The molecule has 1 unspecified atom stereocenters. The Morgan fingerprint density at radius 2 is 2.25 bits per heavy atom. The highest BCUT2D eigenvalue weighted by Crippen LogP contribution is 2.31. The maximum absolute atomic E-state index is 12.4. The lowest BCUT2D eigenvalue weighted by Crippen LogP contribution is -2.56. The number of pyridine rings is 1. The van der Waals surface area contributed by atoms with Crippen LogP contribution < -0.4 is 5.32 Å². The molecule has 1 atom stereocenters. The molecule has 2 bridgehead atoms. The zero-order valence-electron chi connectivity index (χ0n) is 11.2. The zero-order chi connectivity index (χ0) is 13.5. The van der Waals surface area contributed by atoms with E-state index in [1.165, 1.54) is 24.2 Å². The maximum Gasteiger partial charge on any atom is 0.262 e. The van der Waals surface area contributed by atoms with E-state index >= 15 is 0 Å². The Morgan fingerprint density at radius 1 is 1.40 bits per heavy atom. The van der Waals surface area contributed by atoms with E-state index in [0.29, 0.717) is 0 Å². The van der Waals surface area contributed by atoms with E-state index in [4.69, 9.17) is 0 Å². The van der Waals surface area contributed by atoms with Crippen molar-refractivity contribution in [2.45, 2.75) is 25.4 Å². The van der Waals surface area contributed by atoms with Gasteiger partial charge in [-0.1, -0.05) is 0 Å². The molecule has 3 aliphatic rings. The lowest BCUT2D eigenvalue weighted by atomic mass is 9.86. The van der Waals surface area contributed by atoms with E-state index in [0.717, 1.165) is 40.4 Å². The van der Waals surface area contributed by atoms with E-state index < -0.39 is 0 Å². The van der Waals surface area contributed by atoms with Gasteiger partial charge in [-0.05, 0) is 42.7 Å². The van der Waals surface area contributed by atoms with Crippen molar-refractivity contribution >= 4 is 27.3 Å². The molecule has 2 aromatic rings. The molecule has 0 radical (unpaired) electrons. The number of nitrogens with zero attached hydrogens (tertiary/aromatic N) is 2. The Labute approximate surface area is 121 Å². The van der Waals surface area contributed by atoms with Gasteiger partial charge in [0.2, 0.25) is 0 Å². The predicted octanol–water partition coefficient (Wildman–Crippen LogP) is 2.47. The number of nitrogens with one attached hydrogen (secondary N) is 1. The molecule has 3 fully saturated rings. The van der Waals surface area contributed by atoms with Gasteiger partial charge in [0.15, 0.2) is 0 Å². The second kappa shape index (κ2) is 4.82. The molecule has 4 nitrogen and oxygen atoms in total. The minimum Gasteiger partial charge on any atom is -0.336 e. The van der Waals surface area contributed by atoms with Gasteiger partial charge in [-0.2, -0.15) is 0 Å². The minimum absolute atomic E-state index is 0.0590. The lowest BCUT2D eigenvalue weighted by Gasteiger charge is -2.45. The second-order valence-electron chi connectivity index (χ2n) is 5.73. The van der Waals surface area contributed by atoms with Crippen LogP contribution in [-0.4, -0.2) is 35.0 Å². The number of hydrogen-bond acceptors (Lipinski definition) is 4. The largest absolute Gasteiger partial charge is 0.336 e. The first-order chi connectivity index (χ1) is 9.79. The number of aromatic nitrogens is 1. The first-order valence-corrected chi connectivity index (χ1v) is 8.00. The average Bonchev–Trinajstić information content (AvgIpc) is 2.92. The van der Waals surface area contributed by atoms with Crippen molar-refractivity contribution in [2.75, 3.05) is 13.1 Å². The van der Waals surface area contributed by atoms with Crippen LogP contribution in [0.5, 0.6) is 0 Å². The molecular weight excluding hydrogens is 270 g/mol. The predicted molar refractivity (Wildman–Crippen MR) is 79.8 cm³/mol. The third kappa shape index (κ3) is 2.11. The van der Waals surface area contributed by atoms with E-state index in [9.17, 15) is 4.79 Å². The summed E-state index contributed by atoms with van der Waals surface area (Å²) in [5, 5.41) is 4.30. The molecule has 0 aliphatic carbocycles. The highest BCUT2D eigenvalue weighted by atomic mass is 32.1. The van der Waals surface area contributed by atoms with Gasteiger partial charge in [0.25, 0.3) is 5.91 Å².